The van der Waals surface area contributed by atoms with Gasteiger partial charge in [-0.2, -0.15) is 0 Å². The molecule has 0 fully saturated rings. The van der Waals surface area contributed by atoms with Crippen molar-refractivity contribution in [2.45, 2.75) is 6.61 Å². The molecule has 0 atom stereocenters. The van der Waals surface area contributed by atoms with Crippen molar-refractivity contribution in [1.82, 2.24) is 0 Å². The van der Waals surface area contributed by atoms with Crippen LogP contribution in [0.25, 0.3) is 6.08 Å². The molecular formula is C14H15NO2. The standard InChI is InChI=1S/C14H15NO2/c16-11-14-9-8-13(17-14)7-4-10-15-12-5-2-1-3-6-12/h1-9,15-16H,10-11H2/b7-4+. The molecule has 0 amide bonds. The zero-order valence-corrected chi connectivity index (χ0v) is 9.47. The van der Waals surface area contributed by atoms with Crippen LogP contribution in [-0.2, 0) is 6.61 Å². The number of rotatable bonds is 5. The molecule has 2 aromatic rings. The molecule has 3 heteroatoms. The number of aliphatic hydroxyl groups excluding tert-OH is 1. The van der Waals surface area contributed by atoms with Gasteiger partial charge in [-0.3, -0.25) is 0 Å². The van der Waals surface area contributed by atoms with Gasteiger partial charge in [0, 0.05) is 12.2 Å². The Bertz CT molecular complexity index is 474. The SMILES string of the molecule is OCc1ccc(/C=C/CNc2ccccc2)o1. The molecule has 1 aromatic heterocycles. The van der Waals surface area contributed by atoms with E-state index in [9.17, 15) is 0 Å². The second-order valence-corrected chi connectivity index (χ2v) is 3.61. The van der Waals surface area contributed by atoms with E-state index in [1.54, 1.807) is 6.07 Å². The minimum atomic E-state index is -0.0594. The van der Waals surface area contributed by atoms with Crippen LogP contribution in [0.2, 0.25) is 0 Å². The Morgan fingerprint density at radius 3 is 2.65 bits per heavy atom. The number of nitrogens with one attached hydrogen (secondary N) is 1. The Morgan fingerprint density at radius 1 is 1.12 bits per heavy atom. The zero-order valence-electron chi connectivity index (χ0n) is 9.47. The smallest absolute Gasteiger partial charge is 0.130 e. The van der Waals surface area contributed by atoms with Crippen LogP contribution < -0.4 is 5.32 Å². The van der Waals surface area contributed by atoms with Gasteiger partial charge in [0.15, 0.2) is 0 Å². The highest BCUT2D eigenvalue weighted by Gasteiger charge is 1.95. The fourth-order valence-electron chi connectivity index (χ4n) is 1.48. The van der Waals surface area contributed by atoms with Gasteiger partial charge in [-0.1, -0.05) is 24.3 Å². The minimum Gasteiger partial charge on any atom is -0.459 e. The Hall–Kier alpha value is -2.00. The summed E-state index contributed by atoms with van der Waals surface area (Å²) in [6, 6.07) is 13.6. The van der Waals surface area contributed by atoms with Crippen molar-refractivity contribution in [2.75, 3.05) is 11.9 Å². The quantitative estimate of drug-likeness (QED) is 0.828. The lowest BCUT2D eigenvalue weighted by molar-refractivity contribution is 0.246. The Morgan fingerprint density at radius 2 is 1.94 bits per heavy atom. The van der Waals surface area contributed by atoms with E-state index >= 15 is 0 Å². The third-order valence-electron chi connectivity index (χ3n) is 2.32. The fourth-order valence-corrected chi connectivity index (χ4v) is 1.48. The third-order valence-corrected chi connectivity index (χ3v) is 2.32. The Kier molecular flexibility index (Phi) is 4.00. The van der Waals surface area contributed by atoms with Crippen molar-refractivity contribution in [3.63, 3.8) is 0 Å². The van der Waals surface area contributed by atoms with E-state index in [0.29, 0.717) is 5.76 Å². The van der Waals surface area contributed by atoms with E-state index < -0.39 is 0 Å². The van der Waals surface area contributed by atoms with Gasteiger partial charge in [-0.15, -0.1) is 0 Å². The summed E-state index contributed by atoms with van der Waals surface area (Å²) in [6.45, 7) is 0.676. The molecule has 0 aliphatic rings. The lowest BCUT2D eigenvalue weighted by atomic mass is 10.3. The van der Waals surface area contributed by atoms with Gasteiger partial charge < -0.3 is 14.8 Å². The van der Waals surface area contributed by atoms with E-state index in [4.69, 9.17) is 9.52 Å². The minimum absolute atomic E-state index is 0.0594. The van der Waals surface area contributed by atoms with E-state index in [0.717, 1.165) is 18.0 Å². The summed E-state index contributed by atoms with van der Waals surface area (Å²) in [4.78, 5) is 0. The summed E-state index contributed by atoms with van der Waals surface area (Å²) >= 11 is 0. The Balaban J connectivity index is 1.82. The lowest BCUT2D eigenvalue weighted by Crippen LogP contribution is -1.96. The number of anilines is 1. The number of para-hydroxylation sites is 1. The molecule has 0 saturated heterocycles. The zero-order chi connectivity index (χ0) is 11.9. The van der Waals surface area contributed by atoms with Gasteiger partial charge in [0.25, 0.3) is 0 Å². The van der Waals surface area contributed by atoms with Gasteiger partial charge in [0.1, 0.15) is 18.1 Å². The maximum absolute atomic E-state index is 8.84. The van der Waals surface area contributed by atoms with Crippen molar-refractivity contribution in [2.24, 2.45) is 0 Å². The molecule has 0 radical (unpaired) electrons. The summed E-state index contributed by atoms with van der Waals surface area (Å²) in [5.41, 5.74) is 1.09. The predicted molar refractivity (Wildman–Crippen MR) is 68.6 cm³/mol. The van der Waals surface area contributed by atoms with Crippen molar-refractivity contribution in [3.05, 3.63) is 60.1 Å². The van der Waals surface area contributed by atoms with Crippen molar-refractivity contribution in [3.8, 4) is 0 Å². The molecule has 3 nitrogen and oxygen atoms in total. The molecule has 2 rings (SSSR count). The van der Waals surface area contributed by atoms with Crippen LogP contribution in [0, 0.1) is 0 Å². The lowest BCUT2D eigenvalue weighted by Gasteiger charge is -2.01. The molecule has 0 bridgehead atoms. The van der Waals surface area contributed by atoms with Crippen LogP contribution in [0.15, 0.2) is 53.0 Å². The molecule has 0 unspecified atom stereocenters. The molecule has 0 spiro atoms. The first-order valence-corrected chi connectivity index (χ1v) is 5.53. The predicted octanol–water partition coefficient (Wildman–Crippen LogP) is 2.90. The Labute approximate surface area is 100 Å². The highest BCUT2D eigenvalue weighted by Crippen LogP contribution is 2.09. The largest absolute Gasteiger partial charge is 0.459 e. The number of aliphatic hydroxyl groups is 1. The van der Waals surface area contributed by atoms with Gasteiger partial charge in [-0.25, -0.2) is 0 Å². The first kappa shape index (κ1) is 11.5. The summed E-state index contributed by atoms with van der Waals surface area (Å²) in [6.07, 6.45) is 3.86. The molecule has 2 N–H and O–H groups in total. The molecular weight excluding hydrogens is 214 g/mol. The molecule has 88 valence electrons. The van der Waals surface area contributed by atoms with Crippen LogP contribution in [0.1, 0.15) is 11.5 Å². The summed E-state index contributed by atoms with van der Waals surface area (Å²) in [5.74, 6) is 1.34. The van der Waals surface area contributed by atoms with Crippen LogP contribution in [0.3, 0.4) is 0 Å². The maximum Gasteiger partial charge on any atom is 0.130 e. The molecule has 0 aliphatic heterocycles. The number of hydrogen-bond donors (Lipinski definition) is 2. The number of hydrogen-bond acceptors (Lipinski definition) is 3. The van der Waals surface area contributed by atoms with Crippen LogP contribution >= 0.6 is 0 Å². The molecule has 17 heavy (non-hydrogen) atoms. The van der Waals surface area contributed by atoms with Gasteiger partial charge >= 0.3 is 0 Å². The van der Waals surface area contributed by atoms with Crippen molar-refractivity contribution >= 4 is 11.8 Å². The topological polar surface area (TPSA) is 45.4 Å². The van der Waals surface area contributed by atoms with Crippen molar-refractivity contribution < 1.29 is 9.52 Å². The average Bonchev–Trinajstić information content (AvgIpc) is 2.84. The van der Waals surface area contributed by atoms with E-state index in [2.05, 4.69) is 5.32 Å². The van der Waals surface area contributed by atoms with E-state index in [-0.39, 0.29) is 6.61 Å². The summed E-state index contributed by atoms with van der Waals surface area (Å²) in [7, 11) is 0. The molecule has 1 heterocycles. The highest BCUT2D eigenvalue weighted by molar-refractivity contribution is 5.47. The maximum atomic E-state index is 8.84. The third kappa shape index (κ3) is 3.50. The molecule has 0 saturated carbocycles. The normalized spacial score (nSPS) is 10.9. The monoisotopic (exact) mass is 229 g/mol. The van der Waals surface area contributed by atoms with E-state index in [1.165, 1.54) is 0 Å². The first-order chi connectivity index (χ1) is 8.38. The molecule has 1 aromatic carbocycles. The van der Waals surface area contributed by atoms with Gasteiger partial charge in [0.05, 0.1) is 0 Å². The highest BCUT2D eigenvalue weighted by atomic mass is 16.4. The van der Waals surface area contributed by atoms with Gasteiger partial charge in [0.2, 0.25) is 0 Å². The van der Waals surface area contributed by atoms with Crippen molar-refractivity contribution in [1.29, 1.82) is 0 Å². The van der Waals surface area contributed by atoms with Crippen LogP contribution in [-0.4, -0.2) is 11.7 Å². The van der Waals surface area contributed by atoms with Crippen LogP contribution in [0.5, 0.6) is 0 Å². The van der Waals surface area contributed by atoms with Gasteiger partial charge in [-0.05, 0) is 30.3 Å². The number of furan rings is 1. The number of benzene rings is 1. The summed E-state index contributed by atoms with van der Waals surface area (Å²) < 4.78 is 5.32. The van der Waals surface area contributed by atoms with E-state index in [1.807, 2.05) is 48.6 Å². The molecule has 0 aliphatic carbocycles. The van der Waals surface area contributed by atoms with Crippen LogP contribution in [0.4, 0.5) is 5.69 Å². The average molecular weight is 229 g/mol. The summed E-state index contributed by atoms with van der Waals surface area (Å²) in [5, 5.41) is 12.1. The first-order valence-electron chi connectivity index (χ1n) is 5.53. The second kappa shape index (κ2) is 5.92. The fraction of sp³-hybridized carbons (Fsp3) is 0.143. The second-order valence-electron chi connectivity index (χ2n) is 3.61.